The third-order valence-electron chi connectivity index (χ3n) is 5.57. The summed E-state index contributed by atoms with van der Waals surface area (Å²) in [4.78, 5) is 4.20. The van der Waals surface area contributed by atoms with Crippen LogP contribution in [0.3, 0.4) is 0 Å². The van der Waals surface area contributed by atoms with Crippen LogP contribution in [-0.2, 0) is 15.0 Å². The standard InChI is InChI=1S/C19H19BrClN7O4S/c1-9-6-27(25-17(9)21)14-7-28(26-24-14)19(11-3-10(20)5-23-12(11)4-22)15(30)13(8-29)32-18(33)16(19)31-2/h3,5-7,13,15-16,18,29-30,33H,8H2,1-2H3/t13-,15+,16+,18-,19+/m0/s1. The maximum atomic E-state index is 11.6. The van der Waals surface area contributed by atoms with E-state index in [9.17, 15) is 15.5 Å². The van der Waals surface area contributed by atoms with Gasteiger partial charge in [-0.1, -0.05) is 16.8 Å². The highest BCUT2D eigenvalue weighted by molar-refractivity contribution is 9.10. The van der Waals surface area contributed by atoms with Gasteiger partial charge in [0.05, 0.1) is 12.8 Å². The SMILES string of the molecule is CO[C@@H]1[C@H](S)O[C@@H](CO)[C@@H](O)[C@@]1(c1cc(Br)cnc1C#N)n1cc(-n2cc(C)c(Cl)n2)nn1. The minimum absolute atomic E-state index is 0.0217. The normalized spacial score (nSPS) is 27.5. The molecule has 0 aromatic carbocycles. The summed E-state index contributed by atoms with van der Waals surface area (Å²) in [5, 5.41) is 44.3. The maximum Gasteiger partial charge on any atom is 0.195 e. The zero-order valence-electron chi connectivity index (χ0n) is 17.4. The number of hydrogen-bond donors (Lipinski definition) is 3. The average molecular weight is 557 g/mol. The Kier molecular flexibility index (Phi) is 6.79. The van der Waals surface area contributed by atoms with Gasteiger partial charge in [-0.2, -0.15) is 10.4 Å². The van der Waals surface area contributed by atoms with Crippen molar-refractivity contribution < 1.29 is 19.7 Å². The zero-order chi connectivity index (χ0) is 23.9. The number of pyridine rings is 1. The third kappa shape index (κ3) is 3.85. The van der Waals surface area contributed by atoms with Crippen molar-refractivity contribution in [1.29, 1.82) is 5.26 Å². The van der Waals surface area contributed by atoms with Crippen LogP contribution in [0.4, 0.5) is 0 Å². The Bertz CT molecular complexity index is 1200. The highest BCUT2D eigenvalue weighted by atomic mass is 79.9. The third-order valence-corrected chi connectivity index (χ3v) is 6.77. The molecule has 1 aliphatic heterocycles. The molecule has 33 heavy (non-hydrogen) atoms. The Morgan fingerprint density at radius 2 is 2.21 bits per heavy atom. The smallest absolute Gasteiger partial charge is 0.195 e. The van der Waals surface area contributed by atoms with Gasteiger partial charge in [0, 0.05) is 35.1 Å². The van der Waals surface area contributed by atoms with Crippen molar-refractivity contribution in [2.45, 2.75) is 36.2 Å². The first-order chi connectivity index (χ1) is 15.8. The van der Waals surface area contributed by atoms with Crippen LogP contribution in [-0.4, -0.2) is 77.4 Å². The van der Waals surface area contributed by atoms with E-state index in [0.29, 0.717) is 15.4 Å². The van der Waals surface area contributed by atoms with E-state index in [4.69, 9.17) is 21.1 Å². The van der Waals surface area contributed by atoms with Crippen LogP contribution in [0.5, 0.6) is 0 Å². The second-order valence-electron chi connectivity index (χ2n) is 7.40. The number of ether oxygens (including phenoxy) is 2. The number of aryl methyl sites for hydroxylation is 1. The maximum absolute atomic E-state index is 11.6. The number of methoxy groups -OCH3 is 1. The molecule has 0 saturated carbocycles. The fourth-order valence-corrected chi connectivity index (χ4v) is 5.03. The van der Waals surface area contributed by atoms with Gasteiger partial charge in [0.25, 0.3) is 0 Å². The molecule has 0 unspecified atom stereocenters. The molecule has 0 amide bonds. The van der Waals surface area contributed by atoms with Crippen molar-refractivity contribution in [3.8, 4) is 11.9 Å². The molecule has 4 heterocycles. The molecule has 0 bridgehead atoms. The minimum Gasteiger partial charge on any atom is -0.394 e. The van der Waals surface area contributed by atoms with Gasteiger partial charge < -0.3 is 19.7 Å². The lowest BCUT2D eigenvalue weighted by Crippen LogP contribution is -2.68. The molecule has 1 fully saturated rings. The first-order valence-corrected chi connectivity index (χ1v) is 11.3. The predicted octanol–water partition coefficient (Wildman–Crippen LogP) is 1.22. The molecular formula is C19H19BrClN7O4S. The number of thiol groups is 1. The molecule has 0 spiro atoms. The van der Waals surface area contributed by atoms with Gasteiger partial charge in [0.1, 0.15) is 41.0 Å². The summed E-state index contributed by atoms with van der Waals surface area (Å²) in [5.41, 5.74) is -1.47. The van der Waals surface area contributed by atoms with Crippen molar-refractivity contribution >= 4 is 40.2 Å². The van der Waals surface area contributed by atoms with Crippen molar-refractivity contribution in [2.24, 2.45) is 0 Å². The number of nitrogens with zero attached hydrogens (tertiary/aromatic N) is 7. The quantitative estimate of drug-likeness (QED) is 0.395. The lowest BCUT2D eigenvalue weighted by molar-refractivity contribution is -0.213. The Balaban J connectivity index is 2.02. The van der Waals surface area contributed by atoms with Crippen molar-refractivity contribution in [3.63, 3.8) is 0 Å². The summed E-state index contributed by atoms with van der Waals surface area (Å²) >= 11 is 14.0. The van der Waals surface area contributed by atoms with Crippen LogP contribution >= 0.6 is 40.2 Å². The molecular weight excluding hydrogens is 538 g/mol. The second kappa shape index (κ2) is 9.30. The zero-order valence-corrected chi connectivity index (χ0v) is 20.6. The van der Waals surface area contributed by atoms with E-state index in [-0.39, 0.29) is 11.3 Å². The summed E-state index contributed by atoms with van der Waals surface area (Å²) in [7, 11) is 1.42. The molecule has 2 N–H and O–H groups in total. The van der Waals surface area contributed by atoms with Crippen LogP contribution in [0, 0.1) is 18.3 Å². The molecule has 1 saturated heterocycles. The Morgan fingerprint density at radius 1 is 1.45 bits per heavy atom. The van der Waals surface area contributed by atoms with Gasteiger partial charge in [-0.05, 0) is 28.9 Å². The van der Waals surface area contributed by atoms with Crippen molar-refractivity contribution in [1.82, 2.24) is 29.8 Å². The fourth-order valence-electron chi connectivity index (χ4n) is 4.07. The Hall–Kier alpha value is -2.05. The van der Waals surface area contributed by atoms with E-state index in [1.54, 1.807) is 19.2 Å². The van der Waals surface area contributed by atoms with E-state index in [1.807, 2.05) is 0 Å². The number of rotatable bonds is 5. The second-order valence-corrected chi connectivity index (χ2v) is 9.19. The van der Waals surface area contributed by atoms with E-state index in [2.05, 4.69) is 55.0 Å². The van der Waals surface area contributed by atoms with Crippen LogP contribution < -0.4 is 0 Å². The van der Waals surface area contributed by atoms with Gasteiger partial charge in [-0.3, -0.25) is 0 Å². The Morgan fingerprint density at radius 3 is 2.82 bits per heavy atom. The van der Waals surface area contributed by atoms with Gasteiger partial charge in [-0.15, -0.1) is 17.7 Å². The number of halogens is 2. The molecule has 0 radical (unpaired) electrons. The monoisotopic (exact) mass is 555 g/mol. The van der Waals surface area contributed by atoms with Gasteiger partial charge in [0.2, 0.25) is 0 Å². The van der Waals surface area contributed by atoms with Crippen LogP contribution in [0.25, 0.3) is 5.82 Å². The van der Waals surface area contributed by atoms with Gasteiger partial charge in [0.15, 0.2) is 11.0 Å². The number of aliphatic hydroxyl groups is 2. The van der Waals surface area contributed by atoms with Gasteiger partial charge in [-0.25, -0.2) is 14.3 Å². The minimum atomic E-state index is -1.61. The van der Waals surface area contributed by atoms with E-state index in [1.165, 1.54) is 28.9 Å². The largest absolute Gasteiger partial charge is 0.394 e. The highest BCUT2D eigenvalue weighted by Gasteiger charge is 2.60. The number of nitriles is 1. The first kappa shape index (κ1) is 24.1. The summed E-state index contributed by atoms with van der Waals surface area (Å²) in [6.07, 6.45) is 1.19. The molecule has 0 aliphatic carbocycles. The number of aromatic nitrogens is 6. The van der Waals surface area contributed by atoms with E-state index in [0.717, 1.165) is 5.56 Å². The molecule has 3 aromatic rings. The van der Waals surface area contributed by atoms with E-state index >= 15 is 0 Å². The van der Waals surface area contributed by atoms with Crippen LogP contribution in [0.15, 0.2) is 29.1 Å². The lowest BCUT2D eigenvalue weighted by atomic mass is 9.75. The van der Waals surface area contributed by atoms with Gasteiger partial charge >= 0.3 is 0 Å². The molecule has 11 nitrogen and oxygen atoms in total. The Labute approximate surface area is 207 Å². The average Bonchev–Trinajstić information content (AvgIpc) is 3.42. The molecule has 1 aliphatic rings. The summed E-state index contributed by atoms with van der Waals surface area (Å²) in [5.74, 6) is 0.302. The predicted molar refractivity (Wildman–Crippen MR) is 122 cm³/mol. The van der Waals surface area contributed by atoms with Crippen molar-refractivity contribution in [3.05, 3.63) is 51.1 Å². The van der Waals surface area contributed by atoms with E-state index < -0.39 is 35.9 Å². The summed E-state index contributed by atoms with van der Waals surface area (Å²) < 4.78 is 14.8. The lowest BCUT2D eigenvalue weighted by Gasteiger charge is -2.51. The van der Waals surface area contributed by atoms with Crippen LogP contribution in [0.1, 0.15) is 16.8 Å². The number of aliphatic hydroxyl groups excluding tert-OH is 2. The molecule has 3 aromatic heterocycles. The first-order valence-electron chi connectivity index (χ1n) is 9.64. The molecule has 5 atom stereocenters. The molecule has 174 valence electrons. The highest BCUT2D eigenvalue weighted by Crippen LogP contribution is 2.45. The number of hydrogen-bond acceptors (Lipinski definition) is 10. The summed E-state index contributed by atoms with van der Waals surface area (Å²) in [6.45, 7) is 1.28. The van der Waals surface area contributed by atoms with Crippen molar-refractivity contribution in [2.75, 3.05) is 13.7 Å². The molecule has 4 rings (SSSR count). The fraction of sp³-hybridized carbons (Fsp3) is 0.421. The topological polar surface area (TPSA) is 144 Å². The molecule has 14 heteroatoms. The van der Waals surface area contributed by atoms with Crippen LogP contribution in [0.2, 0.25) is 5.15 Å². The summed E-state index contributed by atoms with van der Waals surface area (Å²) in [6, 6.07) is 3.69.